The van der Waals surface area contributed by atoms with Gasteiger partial charge in [-0.05, 0) is 47.5 Å². The molecule has 0 unspecified atom stereocenters. The van der Waals surface area contributed by atoms with Gasteiger partial charge < -0.3 is 9.15 Å². The predicted molar refractivity (Wildman–Crippen MR) is 150 cm³/mol. The average Bonchev–Trinajstić information content (AvgIpc) is 3.37. The summed E-state index contributed by atoms with van der Waals surface area (Å²) in [4.78, 5) is 38.7. The topological polar surface area (TPSA) is 76.8 Å². The van der Waals surface area contributed by atoms with Gasteiger partial charge in [-0.3, -0.25) is 14.5 Å². The lowest BCUT2D eigenvalue weighted by Gasteiger charge is -2.14. The van der Waals surface area contributed by atoms with E-state index in [9.17, 15) is 18.8 Å². The molecule has 1 fully saturated rings. The van der Waals surface area contributed by atoms with Crippen molar-refractivity contribution in [1.82, 2.24) is 4.90 Å². The first kappa shape index (κ1) is 25.5. The standard InChI is InChI=1S/C26H15BrFNO5S3/c27-16-5-3-15(4-6-16)19-12-18(13-20-23(19)34-26(32)37-20)33-22(30)9-10-29-24(31)21(36-25(29)35)11-14-1-7-17(28)8-2-14/h1-8,11-13H,9-10H2. The Labute approximate surface area is 231 Å². The van der Waals surface area contributed by atoms with Crippen LogP contribution < -0.4 is 9.68 Å². The van der Waals surface area contributed by atoms with Crippen LogP contribution in [0.25, 0.3) is 27.5 Å². The number of fused-ring (bicyclic) bond motifs is 1. The number of nitrogens with zero attached hydrogens (tertiary/aromatic N) is 1. The van der Waals surface area contributed by atoms with Crippen LogP contribution in [0.1, 0.15) is 12.0 Å². The molecular formula is C26H15BrFNO5S3. The number of thioether (sulfide) groups is 1. The normalized spacial score (nSPS) is 14.6. The van der Waals surface area contributed by atoms with Crippen LogP contribution in [-0.4, -0.2) is 27.6 Å². The molecule has 37 heavy (non-hydrogen) atoms. The van der Waals surface area contributed by atoms with Crippen molar-refractivity contribution >= 4 is 83.8 Å². The highest BCUT2D eigenvalue weighted by Gasteiger charge is 2.32. The van der Waals surface area contributed by atoms with Crippen LogP contribution in [0, 0.1) is 5.82 Å². The van der Waals surface area contributed by atoms with Crippen LogP contribution in [0.3, 0.4) is 0 Å². The number of halogens is 2. The van der Waals surface area contributed by atoms with Crippen LogP contribution in [0.4, 0.5) is 4.39 Å². The van der Waals surface area contributed by atoms with Gasteiger partial charge in [0.15, 0.2) is 5.58 Å². The van der Waals surface area contributed by atoms with Gasteiger partial charge in [-0.15, -0.1) is 0 Å². The highest BCUT2D eigenvalue weighted by atomic mass is 79.9. The Kier molecular flexibility index (Phi) is 7.38. The number of hydrogen-bond acceptors (Lipinski definition) is 8. The fraction of sp³-hybridized carbons (Fsp3) is 0.0769. The van der Waals surface area contributed by atoms with E-state index in [1.165, 1.54) is 17.0 Å². The minimum Gasteiger partial charge on any atom is -0.426 e. The van der Waals surface area contributed by atoms with Crippen molar-refractivity contribution in [3.63, 3.8) is 0 Å². The van der Waals surface area contributed by atoms with Gasteiger partial charge in [0, 0.05) is 22.6 Å². The molecule has 0 N–H and O–H groups in total. The maximum atomic E-state index is 13.1. The molecule has 0 bridgehead atoms. The quantitative estimate of drug-likeness (QED) is 0.104. The third kappa shape index (κ3) is 5.74. The van der Waals surface area contributed by atoms with Crippen LogP contribution >= 0.6 is 51.2 Å². The van der Waals surface area contributed by atoms with Crippen LogP contribution in [0.2, 0.25) is 0 Å². The third-order valence-electron chi connectivity index (χ3n) is 5.37. The van der Waals surface area contributed by atoms with Crippen molar-refractivity contribution in [3.05, 3.63) is 91.2 Å². The SMILES string of the molecule is O=C(CCN1C(=O)C(=Cc2ccc(F)cc2)SC1=S)Oc1cc(-c2ccc(Br)cc2)c2oc(=O)sc2c1. The van der Waals surface area contributed by atoms with Gasteiger partial charge in [0.25, 0.3) is 5.91 Å². The second-order valence-corrected chi connectivity index (χ2v) is 11.4. The Morgan fingerprint density at radius 2 is 1.84 bits per heavy atom. The van der Waals surface area contributed by atoms with Gasteiger partial charge >= 0.3 is 10.9 Å². The van der Waals surface area contributed by atoms with E-state index in [1.54, 1.807) is 30.3 Å². The van der Waals surface area contributed by atoms with E-state index < -0.39 is 10.9 Å². The fourth-order valence-corrected chi connectivity index (χ4v) is 5.94. The number of carbonyl (C=O) groups is 2. The van der Waals surface area contributed by atoms with E-state index in [0.29, 0.717) is 30.6 Å². The maximum absolute atomic E-state index is 13.1. The minimum absolute atomic E-state index is 0.0467. The van der Waals surface area contributed by atoms with E-state index in [0.717, 1.165) is 33.1 Å². The van der Waals surface area contributed by atoms with Crippen LogP contribution in [-0.2, 0) is 9.59 Å². The summed E-state index contributed by atoms with van der Waals surface area (Å²) >= 11 is 10.8. The molecule has 1 saturated heterocycles. The van der Waals surface area contributed by atoms with Gasteiger partial charge in [0.1, 0.15) is 15.9 Å². The molecule has 186 valence electrons. The maximum Gasteiger partial charge on any atom is 0.396 e. The summed E-state index contributed by atoms with van der Waals surface area (Å²) in [6.45, 7) is 0.0467. The van der Waals surface area contributed by atoms with Crippen molar-refractivity contribution in [2.45, 2.75) is 6.42 Å². The molecule has 0 atom stereocenters. The largest absolute Gasteiger partial charge is 0.426 e. The summed E-state index contributed by atoms with van der Waals surface area (Å²) in [6.07, 6.45) is 1.54. The van der Waals surface area contributed by atoms with Crippen LogP contribution in [0.5, 0.6) is 5.75 Å². The molecule has 11 heteroatoms. The van der Waals surface area contributed by atoms with Crippen molar-refractivity contribution in [2.75, 3.05) is 6.54 Å². The van der Waals surface area contributed by atoms with E-state index >= 15 is 0 Å². The summed E-state index contributed by atoms with van der Waals surface area (Å²) in [5, 5.41) is 0. The lowest BCUT2D eigenvalue weighted by molar-refractivity contribution is -0.134. The molecule has 0 saturated carbocycles. The molecule has 0 spiro atoms. The molecule has 2 heterocycles. The van der Waals surface area contributed by atoms with E-state index in [-0.39, 0.29) is 30.4 Å². The summed E-state index contributed by atoms with van der Waals surface area (Å²) in [5.74, 6) is -0.995. The summed E-state index contributed by atoms with van der Waals surface area (Å²) in [6, 6.07) is 16.4. The van der Waals surface area contributed by atoms with Crippen molar-refractivity contribution in [1.29, 1.82) is 0 Å². The molecule has 1 amide bonds. The van der Waals surface area contributed by atoms with Gasteiger partial charge in [-0.2, -0.15) is 0 Å². The first-order valence-electron chi connectivity index (χ1n) is 10.8. The first-order valence-corrected chi connectivity index (χ1v) is 13.7. The zero-order chi connectivity index (χ0) is 26.1. The Morgan fingerprint density at radius 1 is 1.11 bits per heavy atom. The third-order valence-corrected chi connectivity index (χ3v) is 8.05. The number of benzene rings is 3. The highest BCUT2D eigenvalue weighted by molar-refractivity contribution is 9.10. The molecular weight excluding hydrogens is 601 g/mol. The van der Waals surface area contributed by atoms with Crippen molar-refractivity contribution in [3.8, 4) is 16.9 Å². The second-order valence-electron chi connectivity index (χ2n) is 7.87. The zero-order valence-electron chi connectivity index (χ0n) is 18.7. The molecule has 4 aromatic rings. The smallest absolute Gasteiger partial charge is 0.396 e. The number of thiocarbonyl (C=S) groups is 1. The Bertz CT molecular complexity index is 1630. The lowest BCUT2D eigenvalue weighted by atomic mass is 10.0. The molecule has 6 nitrogen and oxygen atoms in total. The number of carbonyl (C=O) groups excluding carboxylic acids is 2. The molecule has 1 aromatic heterocycles. The van der Waals surface area contributed by atoms with Gasteiger partial charge in [0.05, 0.1) is 16.0 Å². The number of esters is 1. The number of amides is 1. The fourth-order valence-electron chi connectivity index (χ4n) is 3.64. The summed E-state index contributed by atoms with van der Waals surface area (Å²) in [5.41, 5.74) is 2.50. The summed E-state index contributed by atoms with van der Waals surface area (Å²) in [7, 11) is 0. The molecule has 1 aliphatic rings. The van der Waals surface area contributed by atoms with Crippen molar-refractivity contribution < 1.29 is 23.1 Å². The second kappa shape index (κ2) is 10.7. The van der Waals surface area contributed by atoms with Gasteiger partial charge in [-0.1, -0.05) is 75.5 Å². The zero-order valence-corrected chi connectivity index (χ0v) is 22.8. The first-order chi connectivity index (χ1) is 17.8. The van der Waals surface area contributed by atoms with E-state index in [1.807, 2.05) is 24.3 Å². The summed E-state index contributed by atoms with van der Waals surface area (Å²) < 4.78 is 25.8. The van der Waals surface area contributed by atoms with Crippen molar-refractivity contribution in [2.24, 2.45) is 0 Å². The Morgan fingerprint density at radius 3 is 2.57 bits per heavy atom. The predicted octanol–water partition coefficient (Wildman–Crippen LogP) is 6.62. The molecule has 5 rings (SSSR count). The average molecular weight is 617 g/mol. The number of ether oxygens (including phenoxy) is 1. The van der Waals surface area contributed by atoms with E-state index in [2.05, 4.69) is 15.9 Å². The Balaban J connectivity index is 1.30. The number of hydrogen-bond donors (Lipinski definition) is 0. The molecule has 0 aliphatic carbocycles. The van der Waals surface area contributed by atoms with Crippen LogP contribution in [0.15, 0.2) is 79.3 Å². The Hall–Kier alpha value is -3.12. The highest BCUT2D eigenvalue weighted by Crippen LogP contribution is 2.36. The molecule has 0 radical (unpaired) electrons. The van der Waals surface area contributed by atoms with E-state index in [4.69, 9.17) is 21.4 Å². The molecule has 3 aromatic carbocycles. The lowest BCUT2D eigenvalue weighted by Crippen LogP contribution is -2.31. The van der Waals surface area contributed by atoms with Gasteiger partial charge in [-0.25, -0.2) is 9.18 Å². The molecule has 1 aliphatic heterocycles. The van der Waals surface area contributed by atoms with Gasteiger partial charge in [0.2, 0.25) is 0 Å². The monoisotopic (exact) mass is 615 g/mol. The minimum atomic E-state index is -0.562. The number of rotatable bonds is 6.